The highest BCUT2D eigenvalue weighted by atomic mass is 16.5. The van der Waals surface area contributed by atoms with E-state index >= 15 is 0 Å². The number of benzene rings is 1. The number of carbonyl (C=O) groups is 2. The molecule has 0 aromatic heterocycles. The fourth-order valence-electron chi connectivity index (χ4n) is 4.22. The van der Waals surface area contributed by atoms with E-state index in [0.717, 1.165) is 30.3 Å². The zero-order chi connectivity index (χ0) is 20.7. The standard InChI is InChI=1S/C21H27N5O3/c1-14-15(2)26-17-18(23(3)21(28)25(19(17)27)12-13-29-4)22-20(26)24(14)11-10-16-8-6-5-7-9-16/h5-9,17-18H,10-13H2,1-4H3. The maximum Gasteiger partial charge on any atom is 0.328 e. The van der Waals surface area contributed by atoms with E-state index in [2.05, 4.69) is 24.0 Å². The van der Waals surface area contributed by atoms with E-state index in [9.17, 15) is 9.59 Å². The summed E-state index contributed by atoms with van der Waals surface area (Å²) >= 11 is 0. The van der Waals surface area contributed by atoms with Crippen molar-refractivity contribution >= 4 is 17.9 Å². The van der Waals surface area contributed by atoms with Gasteiger partial charge in [-0.15, -0.1) is 0 Å². The third-order valence-corrected chi connectivity index (χ3v) is 5.99. The molecule has 8 nitrogen and oxygen atoms in total. The Morgan fingerprint density at radius 1 is 1.03 bits per heavy atom. The third-order valence-electron chi connectivity index (χ3n) is 5.99. The molecule has 0 spiro atoms. The summed E-state index contributed by atoms with van der Waals surface area (Å²) in [4.78, 5) is 37.7. The maximum absolute atomic E-state index is 13.2. The number of allylic oxidation sites excluding steroid dienone is 2. The van der Waals surface area contributed by atoms with Gasteiger partial charge in [0.15, 0.2) is 12.2 Å². The van der Waals surface area contributed by atoms with Crippen molar-refractivity contribution in [2.45, 2.75) is 32.5 Å². The van der Waals surface area contributed by atoms with Crippen LogP contribution >= 0.6 is 0 Å². The van der Waals surface area contributed by atoms with E-state index in [4.69, 9.17) is 9.73 Å². The smallest absolute Gasteiger partial charge is 0.328 e. The summed E-state index contributed by atoms with van der Waals surface area (Å²) in [6, 6.07) is 9.45. The van der Waals surface area contributed by atoms with Crippen LogP contribution in [-0.2, 0) is 16.0 Å². The molecule has 3 amide bonds. The number of guanidine groups is 1. The number of carbonyl (C=O) groups excluding carboxylic acids is 2. The highest BCUT2D eigenvalue weighted by Gasteiger charge is 2.55. The first kappa shape index (κ1) is 19.4. The Morgan fingerprint density at radius 3 is 2.45 bits per heavy atom. The Morgan fingerprint density at radius 2 is 1.76 bits per heavy atom. The molecule has 1 aromatic carbocycles. The summed E-state index contributed by atoms with van der Waals surface area (Å²) in [6.07, 6.45) is 0.363. The van der Waals surface area contributed by atoms with E-state index in [1.807, 2.05) is 30.0 Å². The van der Waals surface area contributed by atoms with E-state index in [0.29, 0.717) is 6.61 Å². The van der Waals surface area contributed by atoms with Crippen molar-refractivity contribution < 1.29 is 14.3 Å². The lowest BCUT2D eigenvalue weighted by molar-refractivity contribution is -0.137. The number of ether oxygens (including phenoxy) is 1. The minimum absolute atomic E-state index is 0.217. The Bertz CT molecular complexity index is 882. The highest BCUT2D eigenvalue weighted by molar-refractivity contribution is 6.05. The predicted octanol–water partition coefficient (Wildman–Crippen LogP) is 1.70. The molecule has 0 aliphatic carbocycles. The number of fused-ring (bicyclic) bond motifs is 3. The van der Waals surface area contributed by atoms with Gasteiger partial charge in [-0.05, 0) is 25.8 Å². The zero-order valence-electron chi connectivity index (χ0n) is 17.3. The minimum Gasteiger partial charge on any atom is -0.383 e. The summed E-state index contributed by atoms with van der Waals surface area (Å²) in [5, 5.41) is 0. The average Bonchev–Trinajstić information content (AvgIpc) is 3.22. The van der Waals surface area contributed by atoms with Gasteiger partial charge in [0.2, 0.25) is 5.96 Å². The molecule has 1 saturated heterocycles. The number of likely N-dealkylation sites (N-methyl/N-ethyl adjacent to an activating group) is 1. The van der Waals surface area contributed by atoms with Crippen molar-refractivity contribution in [2.75, 3.05) is 33.9 Å². The molecule has 1 aromatic rings. The number of amides is 3. The third kappa shape index (κ3) is 3.07. The van der Waals surface area contributed by atoms with Gasteiger partial charge in [-0.2, -0.15) is 0 Å². The van der Waals surface area contributed by atoms with Gasteiger partial charge < -0.3 is 14.5 Å². The van der Waals surface area contributed by atoms with Crippen molar-refractivity contribution in [1.82, 2.24) is 19.6 Å². The number of aliphatic imine (C=N–C) groups is 1. The van der Waals surface area contributed by atoms with Gasteiger partial charge in [-0.25, -0.2) is 9.79 Å². The van der Waals surface area contributed by atoms with Crippen LogP contribution in [0.1, 0.15) is 19.4 Å². The normalized spacial score (nSPS) is 23.8. The predicted molar refractivity (Wildman–Crippen MR) is 109 cm³/mol. The van der Waals surface area contributed by atoms with E-state index in [1.54, 1.807) is 19.1 Å². The molecule has 0 bridgehead atoms. The number of methoxy groups -OCH3 is 1. The molecule has 29 heavy (non-hydrogen) atoms. The minimum atomic E-state index is -0.527. The first-order valence-electron chi connectivity index (χ1n) is 9.88. The van der Waals surface area contributed by atoms with Crippen LogP contribution in [-0.4, -0.2) is 83.6 Å². The maximum atomic E-state index is 13.2. The van der Waals surface area contributed by atoms with Gasteiger partial charge in [0.25, 0.3) is 5.91 Å². The summed E-state index contributed by atoms with van der Waals surface area (Å²) in [5.74, 6) is 0.540. The topological polar surface area (TPSA) is 68.7 Å². The molecule has 3 heterocycles. The molecule has 1 fully saturated rings. The van der Waals surface area contributed by atoms with Gasteiger partial charge in [-0.1, -0.05) is 30.3 Å². The van der Waals surface area contributed by atoms with Crippen molar-refractivity contribution in [3.8, 4) is 0 Å². The summed E-state index contributed by atoms with van der Waals surface area (Å²) < 4.78 is 5.08. The molecule has 2 unspecified atom stereocenters. The van der Waals surface area contributed by atoms with Crippen LogP contribution in [0.5, 0.6) is 0 Å². The van der Waals surface area contributed by atoms with Crippen molar-refractivity contribution in [3.05, 3.63) is 47.3 Å². The van der Waals surface area contributed by atoms with Gasteiger partial charge in [0.05, 0.1) is 13.2 Å². The van der Waals surface area contributed by atoms with Gasteiger partial charge >= 0.3 is 6.03 Å². The van der Waals surface area contributed by atoms with Crippen LogP contribution in [0.4, 0.5) is 4.79 Å². The first-order chi connectivity index (χ1) is 14.0. The fourth-order valence-corrected chi connectivity index (χ4v) is 4.22. The molecule has 3 aliphatic rings. The second-order valence-electron chi connectivity index (χ2n) is 7.59. The summed E-state index contributed by atoms with van der Waals surface area (Å²) in [5.41, 5.74) is 3.35. The molecule has 3 aliphatic heterocycles. The molecular weight excluding hydrogens is 370 g/mol. The lowest BCUT2D eigenvalue weighted by Gasteiger charge is -2.40. The molecule has 8 heteroatoms. The lowest BCUT2D eigenvalue weighted by Crippen LogP contribution is -2.65. The monoisotopic (exact) mass is 397 g/mol. The number of nitrogens with zero attached hydrogens (tertiary/aromatic N) is 5. The molecule has 154 valence electrons. The van der Waals surface area contributed by atoms with E-state index < -0.39 is 12.2 Å². The van der Waals surface area contributed by atoms with Crippen LogP contribution < -0.4 is 0 Å². The number of rotatable bonds is 6. The van der Waals surface area contributed by atoms with Gasteiger partial charge in [0.1, 0.15) is 0 Å². The molecule has 4 rings (SSSR count). The Labute approximate surface area is 171 Å². The molecule has 0 radical (unpaired) electrons. The number of hydrogen-bond acceptors (Lipinski definition) is 6. The largest absolute Gasteiger partial charge is 0.383 e. The second-order valence-corrected chi connectivity index (χ2v) is 7.59. The van der Waals surface area contributed by atoms with E-state index in [1.165, 1.54) is 10.5 Å². The number of hydrogen-bond donors (Lipinski definition) is 0. The van der Waals surface area contributed by atoms with Gasteiger partial charge in [-0.3, -0.25) is 14.6 Å². The molecule has 2 atom stereocenters. The van der Waals surface area contributed by atoms with Crippen LogP contribution in [0.2, 0.25) is 0 Å². The molecule has 0 saturated carbocycles. The van der Waals surface area contributed by atoms with Crippen LogP contribution in [0.3, 0.4) is 0 Å². The summed E-state index contributed by atoms with van der Waals surface area (Å²) in [6.45, 7) is 5.39. The summed E-state index contributed by atoms with van der Waals surface area (Å²) in [7, 11) is 3.27. The van der Waals surface area contributed by atoms with Crippen molar-refractivity contribution in [3.63, 3.8) is 0 Å². The molecular formula is C21H27N5O3. The number of imide groups is 1. The Hall–Kier alpha value is -2.87. The Balaban J connectivity index is 1.60. The second kappa shape index (κ2) is 7.51. The first-order valence-corrected chi connectivity index (χ1v) is 9.88. The fraction of sp³-hybridized carbons (Fsp3) is 0.476. The quantitative estimate of drug-likeness (QED) is 0.731. The SMILES string of the molecule is COCCN1C(=O)C2C(N=C3N(CCc4ccccc4)C(C)=C(C)N32)N(C)C1=O. The number of urea groups is 1. The van der Waals surface area contributed by atoms with Gasteiger partial charge in [0, 0.05) is 32.1 Å². The molecule has 0 N–H and O–H groups in total. The van der Waals surface area contributed by atoms with Crippen molar-refractivity contribution in [1.29, 1.82) is 0 Å². The zero-order valence-corrected chi connectivity index (χ0v) is 17.3. The van der Waals surface area contributed by atoms with E-state index in [-0.39, 0.29) is 18.5 Å². The highest BCUT2D eigenvalue weighted by Crippen LogP contribution is 2.37. The van der Waals surface area contributed by atoms with Crippen LogP contribution in [0, 0.1) is 0 Å². The lowest BCUT2D eigenvalue weighted by atomic mass is 10.1. The average molecular weight is 397 g/mol. The van der Waals surface area contributed by atoms with Crippen LogP contribution in [0.15, 0.2) is 46.7 Å². The van der Waals surface area contributed by atoms with Crippen molar-refractivity contribution in [2.24, 2.45) is 4.99 Å². The Kier molecular flexibility index (Phi) is 5.04. The van der Waals surface area contributed by atoms with Crippen LogP contribution in [0.25, 0.3) is 0 Å².